The van der Waals surface area contributed by atoms with Gasteiger partial charge in [-0.15, -0.1) is 0 Å². The molecule has 0 radical (unpaired) electrons. The monoisotopic (exact) mass is 297 g/mol. The van der Waals surface area contributed by atoms with Crippen molar-refractivity contribution in [2.24, 2.45) is 11.1 Å². The summed E-state index contributed by atoms with van der Waals surface area (Å²) in [6, 6.07) is -0.824. The second-order valence-electron chi connectivity index (χ2n) is 6.28. The van der Waals surface area contributed by atoms with Gasteiger partial charge in [0.1, 0.15) is 6.04 Å². The van der Waals surface area contributed by atoms with E-state index in [0.717, 1.165) is 12.8 Å². The van der Waals surface area contributed by atoms with E-state index in [9.17, 15) is 19.5 Å². The minimum Gasteiger partial charge on any atom is -0.391 e. The molecule has 1 spiro atoms. The summed E-state index contributed by atoms with van der Waals surface area (Å²) in [6.45, 7) is 3.40. The second kappa shape index (κ2) is 5.63. The van der Waals surface area contributed by atoms with Crippen LogP contribution < -0.4 is 11.1 Å². The number of hydrogen-bond donors (Lipinski definition) is 3. The maximum atomic E-state index is 12.4. The Hall–Kier alpha value is -1.63. The van der Waals surface area contributed by atoms with Gasteiger partial charge in [-0.1, -0.05) is 0 Å². The van der Waals surface area contributed by atoms with Crippen molar-refractivity contribution in [1.29, 1.82) is 0 Å². The first-order valence-electron chi connectivity index (χ1n) is 7.32. The third-order valence-electron chi connectivity index (χ3n) is 4.62. The number of nitrogens with two attached hydrogens (primary N) is 1. The zero-order valence-corrected chi connectivity index (χ0v) is 12.5. The molecule has 118 valence electrons. The molecule has 1 saturated heterocycles. The van der Waals surface area contributed by atoms with Crippen molar-refractivity contribution in [2.75, 3.05) is 6.54 Å². The number of aliphatic hydroxyl groups excluding tert-OH is 1. The van der Waals surface area contributed by atoms with Gasteiger partial charge in [-0.3, -0.25) is 14.4 Å². The molecule has 2 rings (SSSR count). The normalized spacial score (nSPS) is 31.5. The summed E-state index contributed by atoms with van der Waals surface area (Å²) in [5.41, 5.74) is 4.83. The molecule has 3 amide bonds. The maximum absolute atomic E-state index is 12.4. The summed E-state index contributed by atoms with van der Waals surface area (Å²) in [5, 5.41) is 12.5. The van der Waals surface area contributed by atoms with Crippen LogP contribution in [0.15, 0.2) is 0 Å². The Morgan fingerprint density at radius 1 is 1.43 bits per heavy atom. The van der Waals surface area contributed by atoms with Gasteiger partial charge in [0.2, 0.25) is 17.7 Å². The van der Waals surface area contributed by atoms with Crippen LogP contribution in [0.5, 0.6) is 0 Å². The van der Waals surface area contributed by atoms with Gasteiger partial charge in [0.15, 0.2) is 0 Å². The molecule has 1 aliphatic carbocycles. The Morgan fingerprint density at radius 2 is 2.00 bits per heavy atom. The van der Waals surface area contributed by atoms with Crippen LogP contribution in [-0.4, -0.2) is 52.5 Å². The van der Waals surface area contributed by atoms with Crippen LogP contribution >= 0.6 is 0 Å². The highest BCUT2D eigenvalue weighted by molar-refractivity contribution is 5.94. The summed E-state index contributed by atoms with van der Waals surface area (Å²) < 4.78 is 0. The molecule has 2 aliphatic rings. The largest absolute Gasteiger partial charge is 0.391 e. The number of primary amides is 1. The Labute approximate surface area is 123 Å². The SMILES string of the molecule is CC(=O)NC1CCC2(CC1)CN(C(C(N)=O)[C@@H](C)O)C2=O. The second-order valence-corrected chi connectivity index (χ2v) is 6.28. The molecule has 2 atom stereocenters. The Balaban J connectivity index is 1.96. The molecule has 1 saturated carbocycles. The fourth-order valence-electron chi connectivity index (χ4n) is 3.53. The van der Waals surface area contributed by atoms with E-state index in [2.05, 4.69) is 5.32 Å². The molecule has 0 aromatic rings. The van der Waals surface area contributed by atoms with Gasteiger partial charge in [0.25, 0.3) is 0 Å². The van der Waals surface area contributed by atoms with Gasteiger partial charge in [0.05, 0.1) is 11.5 Å². The number of β-lactam (4-membered cyclic amide) rings is 1. The number of carbonyl (C=O) groups is 3. The summed E-state index contributed by atoms with van der Waals surface area (Å²) in [7, 11) is 0. The quantitative estimate of drug-likeness (QED) is 0.585. The summed E-state index contributed by atoms with van der Waals surface area (Å²) in [5.74, 6) is -0.839. The Bertz CT molecular complexity index is 455. The van der Waals surface area contributed by atoms with Crippen LogP contribution in [0.25, 0.3) is 0 Å². The zero-order valence-electron chi connectivity index (χ0n) is 12.5. The minimum absolute atomic E-state index is 0.0552. The predicted octanol–water partition coefficient (Wildman–Crippen LogP) is -0.872. The van der Waals surface area contributed by atoms with E-state index in [1.807, 2.05) is 0 Å². The van der Waals surface area contributed by atoms with E-state index in [1.165, 1.54) is 18.7 Å². The number of likely N-dealkylation sites (tertiary alicyclic amines) is 1. The Kier molecular flexibility index (Phi) is 4.22. The molecule has 1 heterocycles. The number of hydrogen-bond acceptors (Lipinski definition) is 4. The zero-order chi connectivity index (χ0) is 15.8. The summed E-state index contributed by atoms with van der Waals surface area (Å²) >= 11 is 0. The van der Waals surface area contributed by atoms with E-state index in [-0.39, 0.29) is 17.9 Å². The van der Waals surface area contributed by atoms with Crippen molar-refractivity contribution in [3.05, 3.63) is 0 Å². The van der Waals surface area contributed by atoms with Crippen molar-refractivity contribution < 1.29 is 19.5 Å². The fraction of sp³-hybridized carbons (Fsp3) is 0.786. The van der Waals surface area contributed by atoms with Crippen LogP contribution in [0.3, 0.4) is 0 Å². The third-order valence-corrected chi connectivity index (χ3v) is 4.62. The van der Waals surface area contributed by atoms with Crippen LogP contribution in [0, 0.1) is 5.41 Å². The first-order chi connectivity index (χ1) is 9.77. The van der Waals surface area contributed by atoms with E-state index < -0.39 is 23.5 Å². The van der Waals surface area contributed by atoms with Crippen molar-refractivity contribution in [2.45, 2.75) is 57.7 Å². The first-order valence-corrected chi connectivity index (χ1v) is 7.32. The highest BCUT2D eigenvalue weighted by Gasteiger charge is 2.56. The Morgan fingerprint density at radius 3 is 2.38 bits per heavy atom. The molecule has 4 N–H and O–H groups in total. The molecule has 1 aliphatic heterocycles. The van der Waals surface area contributed by atoms with Gasteiger partial charge in [-0.25, -0.2) is 0 Å². The van der Waals surface area contributed by atoms with E-state index >= 15 is 0 Å². The molecule has 0 aromatic heterocycles. The lowest BCUT2D eigenvalue weighted by atomic mass is 9.66. The number of rotatable bonds is 4. The number of nitrogens with zero attached hydrogens (tertiary/aromatic N) is 1. The molecule has 7 nitrogen and oxygen atoms in total. The predicted molar refractivity (Wildman–Crippen MR) is 74.9 cm³/mol. The van der Waals surface area contributed by atoms with Crippen LogP contribution in [0.2, 0.25) is 0 Å². The topological polar surface area (TPSA) is 113 Å². The molecule has 7 heteroatoms. The van der Waals surface area contributed by atoms with Crippen LogP contribution in [0.4, 0.5) is 0 Å². The van der Waals surface area contributed by atoms with Crippen molar-refractivity contribution in [3.8, 4) is 0 Å². The number of amides is 3. The maximum Gasteiger partial charge on any atom is 0.242 e. The summed E-state index contributed by atoms with van der Waals surface area (Å²) in [4.78, 5) is 36.3. The van der Waals surface area contributed by atoms with E-state index in [1.54, 1.807) is 0 Å². The highest BCUT2D eigenvalue weighted by Crippen LogP contribution is 2.46. The average molecular weight is 297 g/mol. The van der Waals surface area contributed by atoms with Crippen molar-refractivity contribution in [1.82, 2.24) is 10.2 Å². The lowest BCUT2D eigenvalue weighted by molar-refractivity contribution is -0.175. The minimum atomic E-state index is -0.973. The molecular weight excluding hydrogens is 274 g/mol. The van der Waals surface area contributed by atoms with Gasteiger partial charge < -0.3 is 21.1 Å². The summed E-state index contributed by atoms with van der Waals surface area (Å²) in [6.07, 6.45) is 1.93. The molecule has 2 fully saturated rings. The van der Waals surface area contributed by atoms with Crippen LogP contribution in [0.1, 0.15) is 39.5 Å². The van der Waals surface area contributed by atoms with E-state index in [0.29, 0.717) is 19.4 Å². The van der Waals surface area contributed by atoms with Gasteiger partial charge in [-0.2, -0.15) is 0 Å². The molecular formula is C14H23N3O4. The van der Waals surface area contributed by atoms with E-state index in [4.69, 9.17) is 5.73 Å². The third kappa shape index (κ3) is 2.88. The number of nitrogens with one attached hydrogen (secondary N) is 1. The molecule has 21 heavy (non-hydrogen) atoms. The van der Waals surface area contributed by atoms with Crippen molar-refractivity contribution in [3.63, 3.8) is 0 Å². The fourth-order valence-corrected chi connectivity index (χ4v) is 3.53. The molecule has 1 unspecified atom stereocenters. The van der Waals surface area contributed by atoms with Gasteiger partial charge >= 0.3 is 0 Å². The molecule has 0 aromatic carbocycles. The lowest BCUT2D eigenvalue weighted by Gasteiger charge is -2.54. The smallest absolute Gasteiger partial charge is 0.242 e. The number of carbonyl (C=O) groups excluding carboxylic acids is 3. The van der Waals surface area contributed by atoms with Crippen LogP contribution in [-0.2, 0) is 14.4 Å². The lowest BCUT2D eigenvalue weighted by Crippen LogP contribution is -2.69. The highest BCUT2D eigenvalue weighted by atomic mass is 16.3. The van der Waals surface area contributed by atoms with Gasteiger partial charge in [0, 0.05) is 19.5 Å². The van der Waals surface area contributed by atoms with Crippen molar-refractivity contribution >= 4 is 17.7 Å². The first kappa shape index (κ1) is 15.8. The standard InChI is InChI=1S/C14H23N3O4/c1-8(18)11(12(15)20)17-7-14(13(17)21)5-3-10(4-6-14)16-9(2)19/h8,10-11,18H,3-7H2,1-2H3,(H2,15,20)(H,16,19)/t8-,10?,11?,14?/m1/s1. The average Bonchev–Trinajstić information content (AvgIpc) is 2.38. The number of aliphatic hydroxyl groups is 1. The van der Waals surface area contributed by atoms with Gasteiger partial charge in [-0.05, 0) is 32.6 Å². The molecule has 0 bridgehead atoms.